The Balaban J connectivity index is 2.23. The summed E-state index contributed by atoms with van der Waals surface area (Å²) in [6.45, 7) is 0. The second-order valence-electron chi connectivity index (χ2n) is 3.77. The summed E-state index contributed by atoms with van der Waals surface area (Å²) in [6, 6.07) is 8.37. The zero-order chi connectivity index (χ0) is 12.3. The van der Waals surface area contributed by atoms with E-state index < -0.39 is 17.7 Å². The van der Waals surface area contributed by atoms with Gasteiger partial charge in [-0.1, -0.05) is 12.1 Å². The molecule has 1 heterocycles. The van der Waals surface area contributed by atoms with Crippen molar-refractivity contribution in [2.45, 2.75) is 12.5 Å². The molecule has 0 saturated carbocycles. The molecule has 2 nitrogen and oxygen atoms in total. The quantitative estimate of drug-likeness (QED) is 0.886. The molecule has 0 radical (unpaired) electrons. The van der Waals surface area contributed by atoms with Crippen molar-refractivity contribution in [3.63, 3.8) is 0 Å². The van der Waals surface area contributed by atoms with Crippen LogP contribution in [0.5, 0.6) is 0 Å². The van der Waals surface area contributed by atoms with Crippen LogP contribution in [-0.4, -0.2) is 4.98 Å². The number of rotatable bonds is 3. The van der Waals surface area contributed by atoms with Crippen molar-refractivity contribution in [1.29, 1.82) is 0 Å². The number of nitrogens with zero attached hydrogens (tertiary/aromatic N) is 1. The Morgan fingerprint density at radius 2 is 1.76 bits per heavy atom. The fourth-order valence-electron chi connectivity index (χ4n) is 1.71. The van der Waals surface area contributed by atoms with Gasteiger partial charge in [-0.05, 0) is 24.3 Å². The number of hydrogen-bond donors (Lipinski definition) is 1. The lowest BCUT2D eigenvalue weighted by atomic mass is 10.0. The SMILES string of the molecule is NC(Cc1ccccn1)c1c(F)cccc1F. The first kappa shape index (κ1) is 11.7. The average molecular weight is 234 g/mol. The first-order chi connectivity index (χ1) is 8.18. The van der Waals surface area contributed by atoms with E-state index in [9.17, 15) is 8.78 Å². The van der Waals surface area contributed by atoms with E-state index in [-0.39, 0.29) is 5.56 Å². The zero-order valence-electron chi connectivity index (χ0n) is 9.11. The van der Waals surface area contributed by atoms with Gasteiger partial charge >= 0.3 is 0 Å². The van der Waals surface area contributed by atoms with Crippen LogP contribution in [-0.2, 0) is 6.42 Å². The van der Waals surface area contributed by atoms with E-state index in [0.717, 1.165) is 0 Å². The summed E-state index contributed by atoms with van der Waals surface area (Å²) < 4.78 is 26.9. The van der Waals surface area contributed by atoms with Crippen LogP contribution in [0.25, 0.3) is 0 Å². The molecule has 2 aromatic rings. The topological polar surface area (TPSA) is 38.9 Å². The molecule has 0 spiro atoms. The number of pyridine rings is 1. The van der Waals surface area contributed by atoms with Crippen molar-refractivity contribution in [2.75, 3.05) is 0 Å². The highest BCUT2D eigenvalue weighted by molar-refractivity contribution is 5.24. The highest BCUT2D eigenvalue weighted by Gasteiger charge is 2.16. The maximum Gasteiger partial charge on any atom is 0.130 e. The minimum Gasteiger partial charge on any atom is -0.323 e. The Morgan fingerprint density at radius 1 is 1.06 bits per heavy atom. The Hall–Kier alpha value is -1.81. The van der Waals surface area contributed by atoms with Gasteiger partial charge in [0.25, 0.3) is 0 Å². The third-order valence-electron chi connectivity index (χ3n) is 2.53. The van der Waals surface area contributed by atoms with Crippen LogP contribution in [0.1, 0.15) is 17.3 Å². The molecule has 1 aromatic heterocycles. The van der Waals surface area contributed by atoms with Crippen molar-refractivity contribution >= 4 is 0 Å². The smallest absolute Gasteiger partial charge is 0.130 e. The highest BCUT2D eigenvalue weighted by atomic mass is 19.1. The van der Waals surface area contributed by atoms with E-state index in [4.69, 9.17) is 5.73 Å². The molecule has 0 aliphatic heterocycles. The summed E-state index contributed by atoms with van der Waals surface area (Å²) in [5.41, 5.74) is 6.43. The number of nitrogens with two attached hydrogens (primary N) is 1. The normalized spacial score (nSPS) is 12.4. The maximum atomic E-state index is 13.5. The van der Waals surface area contributed by atoms with Gasteiger partial charge in [-0.2, -0.15) is 0 Å². The highest BCUT2D eigenvalue weighted by Crippen LogP contribution is 2.21. The Morgan fingerprint density at radius 3 is 2.35 bits per heavy atom. The van der Waals surface area contributed by atoms with Gasteiger partial charge in [0, 0.05) is 29.9 Å². The van der Waals surface area contributed by atoms with Gasteiger partial charge in [-0.15, -0.1) is 0 Å². The predicted octanol–water partition coefficient (Wildman–Crippen LogP) is 2.60. The van der Waals surface area contributed by atoms with E-state index in [1.165, 1.54) is 18.2 Å². The van der Waals surface area contributed by atoms with E-state index in [1.807, 2.05) is 6.07 Å². The number of aromatic nitrogens is 1. The van der Waals surface area contributed by atoms with Crippen molar-refractivity contribution in [2.24, 2.45) is 5.73 Å². The van der Waals surface area contributed by atoms with Gasteiger partial charge in [0.15, 0.2) is 0 Å². The number of benzene rings is 1. The fraction of sp³-hybridized carbons (Fsp3) is 0.154. The fourth-order valence-corrected chi connectivity index (χ4v) is 1.71. The molecule has 17 heavy (non-hydrogen) atoms. The van der Waals surface area contributed by atoms with E-state index >= 15 is 0 Å². The molecular formula is C13H12F2N2. The third kappa shape index (κ3) is 2.65. The molecule has 2 rings (SSSR count). The first-order valence-corrected chi connectivity index (χ1v) is 5.28. The van der Waals surface area contributed by atoms with Crippen LogP contribution >= 0.6 is 0 Å². The molecule has 0 saturated heterocycles. The Bertz CT molecular complexity index is 480. The standard InChI is InChI=1S/C13H12F2N2/c14-10-5-3-6-11(15)13(10)12(16)8-9-4-1-2-7-17-9/h1-7,12H,8,16H2. The zero-order valence-corrected chi connectivity index (χ0v) is 9.11. The number of hydrogen-bond acceptors (Lipinski definition) is 2. The predicted molar refractivity (Wildman–Crippen MR) is 61.2 cm³/mol. The molecule has 1 aromatic carbocycles. The molecule has 0 aliphatic rings. The first-order valence-electron chi connectivity index (χ1n) is 5.28. The van der Waals surface area contributed by atoms with Gasteiger partial charge in [0.1, 0.15) is 11.6 Å². The van der Waals surface area contributed by atoms with Crippen molar-refractivity contribution in [3.05, 3.63) is 65.5 Å². The van der Waals surface area contributed by atoms with Crippen molar-refractivity contribution in [1.82, 2.24) is 4.98 Å². The molecule has 0 bridgehead atoms. The molecular weight excluding hydrogens is 222 g/mol. The Labute approximate surface area is 98.1 Å². The van der Waals surface area contributed by atoms with Gasteiger partial charge < -0.3 is 5.73 Å². The summed E-state index contributed by atoms with van der Waals surface area (Å²) in [6.07, 6.45) is 1.93. The molecule has 1 atom stereocenters. The lowest BCUT2D eigenvalue weighted by Crippen LogP contribution is -2.17. The van der Waals surface area contributed by atoms with Crippen molar-refractivity contribution in [3.8, 4) is 0 Å². The average Bonchev–Trinajstić information content (AvgIpc) is 2.30. The van der Waals surface area contributed by atoms with E-state index in [1.54, 1.807) is 18.3 Å². The van der Waals surface area contributed by atoms with Crippen LogP contribution in [0.15, 0.2) is 42.6 Å². The Kier molecular flexibility index (Phi) is 3.44. The summed E-state index contributed by atoms with van der Waals surface area (Å²) >= 11 is 0. The summed E-state index contributed by atoms with van der Waals surface area (Å²) in [7, 11) is 0. The van der Waals surface area contributed by atoms with Gasteiger partial charge in [0.2, 0.25) is 0 Å². The second kappa shape index (κ2) is 5.01. The van der Waals surface area contributed by atoms with Crippen LogP contribution in [0.3, 0.4) is 0 Å². The maximum absolute atomic E-state index is 13.5. The lowest BCUT2D eigenvalue weighted by molar-refractivity contribution is 0.523. The minimum absolute atomic E-state index is 0.0850. The van der Waals surface area contributed by atoms with E-state index in [2.05, 4.69) is 4.98 Å². The summed E-state index contributed by atoms with van der Waals surface area (Å²) in [4.78, 5) is 4.08. The van der Waals surface area contributed by atoms with E-state index in [0.29, 0.717) is 12.1 Å². The van der Waals surface area contributed by atoms with Gasteiger partial charge in [-0.3, -0.25) is 4.98 Å². The molecule has 88 valence electrons. The minimum atomic E-state index is -0.730. The summed E-state index contributed by atoms with van der Waals surface area (Å²) in [5, 5.41) is 0. The van der Waals surface area contributed by atoms with Crippen molar-refractivity contribution < 1.29 is 8.78 Å². The molecule has 4 heteroatoms. The molecule has 0 fully saturated rings. The molecule has 0 aliphatic carbocycles. The van der Waals surface area contributed by atoms with Crippen LogP contribution in [0.4, 0.5) is 8.78 Å². The van der Waals surface area contributed by atoms with Crippen LogP contribution < -0.4 is 5.73 Å². The largest absolute Gasteiger partial charge is 0.323 e. The van der Waals surface area contributed by atoms with Crippen LogP contribution in [0, 0.1) is 11.6 Å². The monoisotopic (exact) mass is 234 g/mol. The molecule has 1 unspecified atom stereocenters. The number of halogens is 2. The second-order valence-corrected chi connectivity index (χ2v) is 3.77. The van der Waals surface area contributed by atoms with Gasteiger partial charge in [-0.25, -0.2) is 8.78 Å². The van der Waals surface area contributed by atoms with Crippen LogP contribution in [0.2, 0.25) is 0 Å². The van der Waals surface area contributed by atoms with Gasteiger partial charge in [0.05, 0.1) is 0 Å². The molecule has 2 N–H and O–H groups in total. The molecule has 0 amide bonds. The summed E-state index contributed by atoms with van der Waals surface area (Å²) in [5.74, 6) is -1.23. The third-order valence-corrected chi connectivity index (χ3v) is 2.53. The lowest BCUT2D eigenvalue weighted by Gasteiger charge is -2.13.